The Balaban J connectivity index is 2.83. The van der Waals surface area contributed by atoms with E-state index in [0.717, 1.165) is 5.82 Å². The average molecular weight is 136 g/mol. The molecule has 0 aliphatic carbocycles. The molecular formula is C6H8N4. The Morgan fingerprint density at radius 3 is 3.10 bits per heavy atom. The summed E-state index contributed by atoms with van der Waals surface area (Å²) < 4.78 is 1.65. The number of rotatable bonds is 2. The molecule has 1 rings (SSSR count). The van der Waals surface area contributed by atoms with Crippen LogP contribution in [-0.2, 0) is 7.05 Å². The van der Waals surface area contributed by atoms with Crippen molar-refractivity contribution in [3.05, 3.63) is 12.3 Å². The molecule has 0 aliphatic rings. The van der Waals surface area contributed by atoms with Crippen LogP contribution in [0.15, 0.2) is 22.2 Å². The molecule has 1 heterocycles. The smallest absolute Gasteiger partial charge is 0.151 e. The van der Waals surface area contributed by atoms with Crippen molar-refractivity contribution in [1.29, 1.82) is 0 Å². The SMILES string of the molecule is C=NC=Nc1ccnn1C. The van der Waals surface area contributed by atoms with Crippen molar-refractivity contribution in [2.75, 3.05) is 0 Å². The van der Waals surface area contributed by atoms with Crippen LogP contribution in [0.3, 0.4) is 0 Å². The number of hydrogen-bond acceptors (Lipinski definition) is 2. The van der Waals surface area contributed by atoms with Gasteiger partial charge in [0.15, 0.2) is 5.82 Å². The fourth-order valence-electron chi connectivity index (χ4n) is 0.594. The zero-order chi connectivity index (χ0) is 7.40. The van der Waals surface area contributed by atoms with Gasteiger partial charge in [-0.15, -0.1) is 0 Å². The third kappa shape index (κ3) is 1.28. The molecule has 0 radical (unpaired) electrons. The van der Waals surface area contributed by atoms with E-state index >= 15 is 0 Å². The molecular weight excluding hydrogens is 128 g/mol. The lowest BCUT2D eigenvalue weighted by molar-refractivity contribution is 0.771. The minimum atomic E-state index is 0.771. The first kappa shape index (κ1) is 6.67. The molecule has 4 heteroatoms. The van der Waals surface area contributed by atoms with E-state index in [4.69, 9.17) is 0 Å². The predicted octanol–water partition coefficient (Wildman–Crippen LogP) is 0.780. The van der Waals surface area contributed by atoms with E-state index in [1.165, 1.54) is 6.34 Å². The summed E-state index contributed by atoms with van der Waals surface area (Å²) in [5.41, 5.74) is 0. The van der Waals surface area contributed by atoms with Crippen LogP contribution in [0, 0.1) is 0 Å². The Morgan fingerprint density at radius 2 is 2.60 bits per heavy atom. The van der Waals surface area contributed by atoms with Gasteiger partial charge in [0.1, 0.15) is 6.34 Å². The standard InChI is InChI=1S/C6H8N4/c1-7-5-8-6-3-4-9-10(6)2/h3-5H,1H2,2H3. The highest BCUT2D eigenvalue weighted by Crippen LogP contribution is 2.06. The molecule has 0 N–H and O–H groups in total. The summed E-state index contributed by atoms with van der Waals surface area (Å²) in [6.45, 7) is 3.26. The van der Waals surface area contributed by atoms with Gasteiger partial charge >= 0.3 is 0 Å². The van der Waals surface area contributed by atoms with Crippen LogP contribution in [0.1, 0.15) is 0 Å². The van der Waals surface area contributed by atoms with Crippen LogP contribution in [-0.4, -0.2) is 22.8 Å². The van der Waals surface area contributed by atoms with Gasteiger partial charge in [0.05, 0.1) is 6.20 Å². The number of aliphatic imine (C=N–C) groups is 2. The Morgan fingerprint density at radius 1 is 1.80 bits per heavy atom. The molecule has 1 aromatic heterocycles. The van der Waals surface area contributed by atoms with E-state index in [0.29, 0.717) is 0 Å². The number of nitrogens with zero attached hydrogens (tertiary/aromatic N) is 4. The molecule has 0 aromatic carbocycles. The Labute approximate surface area is 58.9 Å². The predicted molar refractivity (Wildman–Crippen MR) is 40.9 cm³/mol. The van der Waals surface area contributed by atoms with E-state index in [1.807, 2.05) is 7.05 Å². The highest BCUT2D eigenvalue weighted by molar-refractivity contribution is 5.65. The largest absolute Gasteiger partial charge is 0.253 e. The van der Waals surface area contributed by atoms with E-state index in [1.54, 1.807) is 16.9 Å². The summed E-state index contributed by atoms with van der Waals surface area (Å²) >= 11 is 0. The van der Waals surface area contributed by atoms with Crippen LogP contribution in [0.25, 0.3) is 0 Å². The third-order valence-electron chi connectivity index (χ3n) is 1.07. The third-order valence-corrected chi connectivity index (χ3v) is 1.07. The van der Waals surface area contributed by atoms with Crippen LogP contribution >= 0.6 is 0 Å². The van der Waals surface area contributed by atoms with E-state index in [-0.39, 0.29) is 0 Å². The van der Waals surface area contributed by atoms with E-state index < -0.39 is 0 Å². The molecule has 4 nitrogen and oxygen atoms in total. The second kappa shape index (κ2) is 2.91. The molecule has 0 amide bonds. The summed E-state index contributed by atoms with van der Waals surface area (Å²) in [5, 5.41) is 3.91. The number of aryl methyl sites for hydroxylation is 1. The zero-order valence-corrected chi connectivity index (χ0v) is 5.73. The Kier molecular flexibility index (Phi) is 1.94. The summed E-state index contributed by atoms with van der Waals surface area (Å²) in [7, 11) is 1.82. The molecule has 0 atom stereocenters. The average Bonchev–Trinajstić information content (AvgIpc) is 2.31. The Hall–Kier alpha value is -1.45. The minimum Gasteiger partial charge on any atom is -0.253 e. The normalized spacial score (nSPS) is 10.5. The molecule has 1 aromatic rings. The van der Waals surface area contributed by atoms with Crippen LogP contribution in [0.5, 0.6) is 0 Å². The maximum Gasteiger partial charge on any atom is 0.151 e. The van der Waals surface area contributed by atoms with Crippen molar-refractivity contribution in [2.24, 2.45) is 17.0 Å². The van der Waals surface area contributed by atoms with Crippen LogP contribution < -0.4 is 0 Å². The lowest BCUT2D eigenvalue weighted by atomic mass is 10.6. The lowest BCUT2D eigenvalue weighted by Crippen LogP contribution is -1.87. The lowest BCUT2D eigenvalue weighted by Gasteiger charge is -1.89. The molecule has 10 heavy (non-hydrogen) atoms. The molecule has 0 fully saturated rings. The van der Waals surface area contributed by atoms with Crippen molar-refractivity contribution in [3.63, 3.8) is 0 Å². The van der Waals surface area contributed by atoms with Crippen molar-refractivity contribution in [2.45, 2.75) is 0 Å². The molecule has 0 aliphatic heterocycles. The molecule has 0 saturated carbocycles. The van der Waals surface area contributed by atoms with Gasteiger partial charge in [-0.05, 0) is 6.72 Å². The second-order valence-electron chi connectivity index (χ2n) is 1.74. The quantitative estimate of drug-likeness (QED) is 0.437. The van der Waals surface area contributed by atoms with Gasteiger partial charge in [0, 0.05) is 13.1 Å². The topological polar surface area (TPSA) is 42.5 Å². The monoisotopic (exact) mass is 136 g/mol. The van der Waals surface area contributed by atoms with Crippen LogP contribution in [0.2, 0.25) is 0 Å². The minimum absolute atomic E-state index is 0.771. The fraction of sp³-hybridized carbons (Fsp3) is 0.167. The molecule has 52 valence electrons. The highest BCUT2D eigenvalue weighted by atomic mass is 15.3. The zero-order valence-electron chi connectivity index (χ0n) is 5.73. The van der Waals surface area contributed by atoms with Crippen molar-refractivity contribution >= 4 is 18.9 Å². The summed E-state index contributed by atoms with van der Waals surface area (Å²) in [5.74, 6) is 0.771. The number of hydrogen-bond donors (Lipinski definition) is 0. The van der Waals surface area contributed by atoms with Gasteiger partial charge in [-0.1, -0.05) is 0 Å². The maximum atomic E-state index is 3.93. The number of aromatic nitrogens is 2. The summed E-state index contributed by atoms with van der Waals surface area (Å²) in [4.78, 5) is 7.40. The first-order valence-electron chi connectivity index (χ1n) is 2.81. The summed E-state index contributed by atoms with van der Waals surface area (Å²) in [6, 6.07) is 1.79. The van der Waals surface area contributed by atoms with Gasteiger partial charge in [-0.3, -0.25) is 9.67 Å². The van der Waals surface area contributed by atoms with Crippen molar-refractivity contribution < 1.29 is 0 Å². The van der Waals surface area contributed by atoms with Gasteiger partial charge in [0.25, 0.3) is 0 Å². The first-order valence-corrected chi connectivity index (χ1v) is 2.81. The van der Waals surface area contributed by atoms with Gasteiger partial charge in [-0.2, -0.15) is 5.10 Å². The van der Waals surface area contributed by atoms with E-state index in [9.17, 15) is 0 Å². The van der Waals surface area contributed by atoms with Gasteiger partial charge in [0.2, 0.25) is 0 Å². The maximum absolute atomic E-state index is 3.93. The molecule has 0 spiro atoms. The summed E-state index contributed by atoms with van der Waals surface area (Å²) in [6.07, 6.45) is 3.06. The van der Waals surface area contributed by atoms with E-state index in [2.05, 4.69) is 21.8 Å². The molecule has 0 unspecified atom stereocenters. The fourth-order valence-corrected chi connectivity index (χ4v) is 0.594. The molecule has 0 saturated heterocycles. The second-order valence-corrected chi connectivity index (χ2v) is 1.74. The Bertz CT molecular complexity index is 248. The van der Waals surface area contributed by atoms with Crippen molar-refractivity contribution in [1.82, 2.24) is 9.78 Å². The van der Waals surface area contributed by atoms with Crippen LogP contribution in [0.4, 0.5) is 5.82 Å². The van der Waals surface area contributed by atoms with Gasteiger partial charge < -0.3 is 0 Å². The highest BCUT2D eigenvalue weighted by Gasteiger charge is 1.90. The van der Waals surface area contributed by atoms with Crippen molar-refractivity contribution in [3.8, 4) is 0 Å². The first-order chi connectivity index (χ1) is 4.84. The van der Waals surface area contributed by atoms with Gasteiger partial charge in [-0.25, -0.2) is 4.99 Å². The molecule has 0 bridgehead atoms.